The highest BCUT2D eigenvalue weighted by molar-refractivity contribution is 5.99. The fraction of sp³-hybridized carbons (Fsp3) is 0. The molecule has 0 heterocycles. The number of rotatable bonds is 1. The van der Waals surface area contributed by atoms with Crippen molar-refractivity contribution in [2.45, 2.75) is 0 Å². The highest BCUT2D eigenvalue weighted by Gasteiger charge is 2.11. The molecule has 20 heavy (non-hydrogen) atoms. The smallest absolute Gasteiger partial charge is 0.0111 e. The molecular weight excluding hydrogens is 240 g/mol. The first kappa shape index (κ1) is 11.2. The summed E-state index contributed by atoms with van der Waals surface area (Å²) in [6.07, 6.45) is 6.67. The van der Waals surface area contributed by atoms with Crippen molar-refractivity contribution in [3.63, 3.8) is 0 Å². The summed E-state index contributed by atoms with van der Waals surface area (Å²) in [7, 11) is 0. The van der Waals surface area contributed by atoms with E-state index in [0.717, 1.165) is 0 Å². The van der Waals surface area contributed by atoms with Crippen LogP contribution in [-0.2, 0) is 0 Å². The average molecular weight is 254 g/mol. The van der Waals surface area contributed by atoms with Crippen molar-refractivity contribution >= 4 is 17.7 Å². The van der Waals surface area contributed by atoms with E-state index in [-0.39, 0.29) is 0 Å². The van der Waals surface area contributed by atoms with Crippen molar-refractivity contribution in [2.75, 3.05) is 0 Å². The molecule has 0 radical (unpaired) electrons. The summed E-state index contributed by atoms with van der Waals surface area (Å²) < 4.78 is 0. The van der Waals surface area contributed by atoms with Crippen molar-refractivity contribution in [3.05, 3.63) is 89.5 Å². The molecule has 1 aromatic rings. The summed E-state index contributed by atoms with van der Waals surface area (Å²) in [5, 5.41) is 0. The van der Waals surface area contributed by atoms with Crippen LogP contribution in [0.25, 0.3) is 28.9 Å². The number of hydrogen-bond donors (Lipinski definition) is 0. The second-order valence-corrected chi connectivity index (χ2v) is 5.09. The van der Waals surface area contributed by atoms with E-state index in [1.54, 1.807) is 0 Å². The molecule has 0 bridgehead atoms. The molecular formula is C20H14. The van der Waals surface area contributed by atoms with Gasteiger partial charge in [0.25, 0.3) is 0 Å². The lowest BCUT2D eigenvalue weighted by atomic mass is 10.0. The van der Waals surface area contributed by atoms with Gasteiger partial charge in [-0.3, -0.25) is 0 Å². The molecule has 94 valence electrons. The van der Waals surface area contributed by atoms with Gasteiger partial charge in [-0.15, -0.1) is 0 Å². The Bertz CT molecular complexity index is 806. The second kappa shape index (κ2) is 4.50. The van der Waals surface area contributed by atoms with E-state index in [2.05, 4.69) is 85.0 Å². The third kappa shape index (κ3) is 1.78. The molecule has 3 aliphatic carbocycles. The second-order valence-electron chi connectivity index (χ2n) is 5.09. The van der Waals surface area contributed by atoms with E-state index in [1.165, 1.54) is 33.4 Å². The van der Waals surface area contributed by atoms with Crippen LogP contribution in [0.15, 0.2) is 72.8 Å². The van der Waals surface area contributed by atoms with Gasteiger partial charge >= 0.3 is 0 Å². The van der Waals surface area contributed by atoms with Crippen LogP contribution in [-0.4, -0.2) is 0 Å². The molecule has 0 saturated heterocycles. The maximum absolute atomic E-state index is 2.28. The van der Waals surface area contributed by atoms with Crippen LogP contribution >= 0.6 is 0 Å². The van der Waals surface area contributed by atoms with Crippen LogP contribution < -0.4 is 0 Å². The minimum absolute atomic E-state index is 1.28. The van der Waals surface area contributed by atoms with Crippen LogP contribution in [0.4, 0.5) is 0 Å². The minimum atomic E-state index is 1.28. The summed E-state index contributed by atoms with van der Waals surface area (Å²) in [6.45, 7) is 0. The monoisotopic (exact) mass is 254 g/mol. The minimum Gasteiger partial charge on any atom is -0.0622 e. The molecule has 0 nitrogen and oxygen atoms in total. The zero-order chi connectivity index (χ0) is 13.4. The lowest BCUT2D eigenvalue weighted by Gasteiger charge is -2.01. The molecule has 0 amide bonds. The van der Waals surface area contributed by atoms with Gasteiger partial charge in [0.1, 0.15) is 0 Å². The summed E-state index contributed by atoms with van der Waals surface area (Å²) >= 11 is 0. The maximum Gasteiger partial charge on any atom is -0.0111 e. The topological polar surface area (TPSA) is 0 Å². The molecule has 0 fully saturated rings. The molecule has 0 unspecified atom stereocenters. The Hall–Kier alpha value is -2.60. The molecule has 4 rings (SSSR count). The molecule has 0 heteroatoms. The molecule has 0 saturated carbocycles. The van der Waals surface area contributed by atoms with Crippen molar-refractivity contribution in [1.29, 1.82) is 0 Å². The first-order valence-corrected chi connectivity index (χ1v) is 6.89. The van der Waals surface area contributed by atoms with Crippen molar-refractivity contribution in [1.82, 2.24) is 0 Å². The molecule has 0 aliphatic heterocycles. The number of allylic oxidation sites excluding steroid dienone is 2. The standard InChI is InChI=1S/C20H14/c1-2-6-15-10-12-17(19(15)8-3-1)14-18-13-11-16-7-4-5-9-20(16)18/h1-14H/b18-14-. The SMILES string of the molecule is C1=Cc2ccccc2/C1=C\c1ccc2cccccc1-2. The average Bonchev–Trinajstić information content (AvgIpc) is 2.97. The van der Waals surface area contributed by atoms with Crippen LogP contribution in [0.2, 0.25) is 0 Å². The highest BCUT2D eigenvalue weighted by Crippen LogP contribution is 2.34. The lowest BCUT2D eigenvalue weighted by molar-refractivity contribution is 1.62. The van der Waals surface area contributed by atoms with Gasteiger partial charge in [-0.2, -0.15) is 0 Å². The molecule has 0 N–H and O–H groups in total. The quantitative estimate of drug-likeness (QED) is 0.548. The first-order chi connectivity index (χ1) is 9.92. The predicted molar refractivity (Wildman–Crippen MR) is 86.4 cm³/mol. The normalized spacial score (nSPS) is 14.9. The third-order valence-corrected chi connectivity index (χ3v) is 3.85. The Labute approximate surface area is 119 Å². The Morgan fingerprint density at radius 2 is 1.40 bits per heavy atom. The van der Waals surface area contributed by atoms with E-state index in [0.29, 0.717) is 0 Å². The fourth-order valence-electron chi connectivity index (χ4n) is 2.83. The Morgan fingerprint density at radius 1 is 0.600 bits per heavy atom. The molecule has 0 aromatic heterocycles. The number of hydrogen-bond acceptors (Lipinski definition) is 0. The Balaban J connectivity index is 1.84. The van der Waals surface area contributed by atoms with Crippen LogP contribution in [0.1, 0.15) is 16.7 Å². The Morgan fingerprint density at radius 3 is 2.40 bits per heavy atom. The fourth-order valence-corrected chi connectivity index (χ4v) is 2.83. The van der Waals surface area contributed by atoms with Gasteiger partial charge in [0.05, 0.1) is 0 Å². The number of fused-ring (bicyclic) bond motifs is 2. The molecule has 0 spiro atoms. The first-order valence-electron chi connectivity index (χ1n) is 6.89. The van der Waals surface area contributed by atoms with E-state index in [1.807, 2.05) is 0 Å². The van der Waals surface area contributed by atoms with Gasteiger partial charge in [0, 0.05) is 0 Å². The van der Waals surface area contributed by atoms with Crippen molar-refractivity contribution < 1.29 is 0 Å². The maximum atomic E-state index is 2.28. The zero-order valence-corrected chi connectivity index (χ0v) is 11.1. The largest absolute Gasteiger partial charge is 0.0622 e. The number of benzene rings is 1. The summed E-state index contributed by atoms with van der Waals surface area (Å²) in [5.74, 6) is 0. The van der Waals surface area contributed by atoms with Crippen molar-refractivity contribution in [2.24, 2.45) is 0 Å². The van der Waals surface area contributed by atoms with Crippen LogP contribution in [0, 0.1) is 0 Å². The zero-order valence-electron chi connectivity index (χ0n) is 11.1. The Kier molecular flexibility index (Phi) is 2.53. The van der Waals surface area contributed by atoms with E-state index in [4.69, 9.17) is 0 Å². The summed E-state index contributed by atoms with van der Waals surface area (Å²) in [6, 6.07) is 23.5. The van der Waals surface area contributed by atoms with Gasteiger partial charge < -0.3 is 0 Å². The predicted octanol–water partition coefficient (Wildman–Crippen LogP) is 5.36. The molecule has 1 aromatic carbocycles. The molecule has 0 atom stereocenters. The van der Waals surface area contributed by atoms with Gasteiger partial charge in [-0.25, -0.2) is 0 Å². The van der Waals surface area contributed by atoms with Crippen LogP contribution in [0.3, 0.4) is 0 Å². The van der Waals surface area contributed by atoms with Crippen LogP contribution in [0.5, 0.6) is 0 Å². The van der Waals surface area contributed by atoms with Gasteiger partial charge in [-0.05, 0) is 39.5 Å². The third-order valence-electron chi connectivity index (χ3n) is 3.85. The summed E-state index contributed by atoms with van der Waals surface area (Å²) in [5.41, 5.74) is 7.80. The van der Waals surface area contributed by atoms with Crippen molar-refractivity contribution in [3.8, 4) is 11.1 Å². The van der Waals surface area contributed by atoms with Gasteiger partial charge in [0.2, 0.25) is 0 Å². The summed E-state index contributed by atoms with van der Waals surface area (Å²) in [4.78, 5) is 0. The van der Waals surface area contributed by atoms with E-state index < -0.39 is 0 Å². The molecule has 3 aliphatic rings. The van der Waals surface area contributed by atoms with E-state index in [9.17, 15) is 0 Å². The van der Waals surface area contributed by atoms with E-state index >= 15 is 0 Å². The van der Waals surface area contributed by atoms with Gasteiger partial charge in [0.15, 0.2) is 0 Å². The highest BCUT2D eigenvalue weighted by atomic mass is 14.2. The lowest BCUT2D eigenvalue weighted by Crippen LogP contribution is -1.80. The van der Waals surface area contributed by atoms with Gasteiger partial charge in [-0.1, -0.05) is 78.9 Å².